The maximum Gasteiger partial charge on any atom is 0.186 e. The zero-order valence-corrected chi connectivity index (χ0v) is 13.8. The van der Waals surface area contributed by atoms with Gasteiger partial charge in [-0.15, -0.1) is 11.3 Å². The van der Waals surface area contributed by atoms with Crippen LogP contribution in [0.25, 0.3) is 0 Å². The highest BCUT2D eigenvalue weighted by Crippen LogP contribution is 2.42. The second-order valence-corrected chi connectivity index (χ2v) is 7.44. The third kappa shape index (κ3) is 2.60. The molecule has 3 nitrogen and oxygen atoms in total. The van der Waals surface area contributed by atoms with Crippen molar-refractivity contribution < 1.29 is 0 Å². The van der Waals surface area contributed by atoms with Gasteiger partial charge in [0.2, 0.25) is 0 Å². The highest BCUT2D eigenvalue weighted by atomic mass is 32.1. The van der Waals surface area contributed by atoms with Gasteiger partial charge < -0.3 is 10.2 Å². The third-order valence-electron chi connectivity index (χ3n) is 4.99. The van der Waals surface area contributed by atoms with Gasteiger partial charge in [0.05, 0.1) is 5.69 Å². The number of rotatable bonds is 6. The molecule has 0 radical (unpaired) electrons. The molecule has 1 saturated carbocycles. The number of fused-ring (bicyclic) bond motifs is 2. The lowest BCUT2D eigenvalue weighted by Crippen LogP contribution is -2.31. The smallest absolute Gasteiger partial charge is 0.186 e. The van der Waals surface area contributed by atoms with Crippen LogP contribution in [-0.2, 0) is 6.54 Å². The second-order valence-electron chi connectivity index (χ2n) is 6.38. The van der Waals surface area contributed by atoms with Gasteiger partial charge in [0.1, 0.15) is 0 Å². The van der Waals surface area contributed by atoms with Crippen LogP contribution in [0.15, 0.2) is 0 Å². The van der Waals surface area contributed by atoms with Crippen molar-refractivity contribution >= 4 is 16.5 Å². The Labute approximate surface area is 126 Å². The van der Waals surface area contributed by atoms with Crippen LogP contribution >= 0.6 is 11.3 Å². The summed E-state index contributed by atoms with van der Waals surface area (Å²) in [6.45, 7) is 10.0. The van der Waals surface area contributed by atoms with Gasteiger partial charge in [-0.2, -0.15) is 0 Å². The summed E-state index contributed by atoms with van der Waals surface area (Å²) in [6, 6.07) is 0.780. The Bertz CT molecular complexity index is 457. The Morgan fingerprint density at radius 1 is 1.40 bits per heavy atom. The predicted octanol–water partition coefficient (Wildman–Crippen LogP) is 3.75. The molecule has 2 fully saturated rings. The Kier molecular flexibility index (Phi) is 4.32. The Morgan fingerprint density at radius 3 is 2.85 bits per heavy atom. The molecule has 2 heterocycles. The molecule has 20 heavy (non-hydrogen) atoms. The average Bonchev–Trinajstić information content (AvgIpc) is 3.18. The summed E-state index contributed by atoms with van der Waals surface area (Å²) < 4.78 is 0. The van der Waals surface area contributed by atoms with Crippen LogP contribution < -0.4 is 10.2 Å². The van der Waals surface area contributed by atoms with Crippen LogP contribution in [0.4, 0.5) is 5.13 Å². The van der Waals surface area contributed by atoms with Crippen molar-refractivity contribution in [2.45, 2.75) is 65.0 Å². The molecule has 4 heteroatoms. The van der Waals surface area contributed by atoms with Gasteiger partial charge in [-0.25, -0.2) is 4.98 Å². The molecule has 2 aliphatic rings. The number of nitrogens with zero attached hydrogens (tertiary/aromatic N) is 2. The standard InChI is InChI=1S/C16H27N3S/c1-4-11(3)15-14(9-17-5-2)20-16(18-15)19-10-12-6-7-13(19)8-12/h11-13,17H,4-10H2,1-3H3. The number of aromatic nitrogens is 1. The maximum atomic E-state index is 5.04. The summed E-state index contributed by atoms with van der Waals surface area (Å²) in [6.07, 6.45) is 5.40. The lowest BCUT2D eigenvalue weighted by molar-refractivity contribution is 0.552. The van der Waals surface area contributed by atoms with E-state index in [1.54, 1.807) is 0 Å². The number of nitrogens with one attached hydrogen (secondary N) is 1. The van der Waals surface area contributed by atoms with E-state index >= 15 is 0 Å². The van der Waals surface area contributed by atoms with E-state index in [1.807, 2.05) is 11.3 Å². The zero-order chi connectivity index (χ0) is 14.1. The quantitative estimate of drug-likeness (QED) is 0.865. The first kappa shape index (κ1) is 14.3. The maximum absolute atomic E-state index is 5.04. The molecule has 3 atom stereocenters. The summed E-state index contributed by atoms with van der Waals surface area (Å²) in [5.74, 6) is 1.52. The van der Waals surface area contributed by atoms with Crippen LogP contribution in [-0.4, -0.2) is 24.1 Å². The lowest BCUT2D eigenvalue weighted by atomic mass is 10.0. The highest BCUT2D eigenvalue weighted by Gasteiger charge is 2.39. The topological polar surface area (TPSA) is 28.2 Å². The Hall–Kier alpha value is -0.610. The average molecular weight is 293 g/mol. The summed E-state index contributed by atoms with van der Waals surface area (Å²) in [7, 11) is 0. The Morgan fingerprint density at radius 2 is 2.25 bits per heavy atom. The van der Waals surface area contributed by atoms with E-state index < -0.39 is 0 Å². The van der Waals surface area contributed by atoms with Crippen LogP contribution in [0, 0.1) is 5.92 Å². The summed E-state index contributed by atoms with van der Waals surface area (Å²) in [4.78, 5) is 9.09. The molecule has 112 valence electrons. The molecule has 1 aliphatic carbocycles. The van der Waals surface area contributed by atoms with Crippen LogP contribution in [0.5, 0.6) is 0 Å². The molecule has 0 amide bonds. The molecule has 1 aromatic rings. The highest BCUT2D eigenvalue weighted by molar-refractivity contribution is 7.15. The summed E-state index contributed by atoms with van der Waals surface area (Å²) in [5, 5.41) is 4.77. The fourth-order valence-electron chi connectivity index (χ4n) is 3.58. The molecule has 3 rings (SSSR count). The number of anilines is 1. The normalized spacial score (nSPS) is 26.4. The summed E-state index contributed by atoms with van der Waals surface area (Å²) >= 11 is 1.93. The first-order chi connectivity index (χ1) is 9.72. The molecule has 1 aliphatic heterocycles. The zero-order valence-electron chi connectivity index (χ0n) is 13.0. The van der Waals surface area contributed by atoms with Gasteiger partial charge >= 0.3 is 0 Å². The van der Waals surface area contributed by atoms with Gasteiger partial charge in [-0.1, -0.05) is 20.8 Å². The predicted molar refractivity (Wildman–Crippen MR) is 86.7 cm³/mol. The van der Waals surface area contributed by atoms with Gasteiger partial charge in [0.15, 0.2) is 5.13 Å². The number of piperidine rings is 1. The molecular weight excluding hydrogens is 266 g/mol. The largest absolute Gasteiger partial charge is 0.345 e. The van der Waals surface area contributed by atoms with Gasteiger partial charge in [0, 0.05) is 24.0 Å². The first-order valence-electron chi connectivity index (χ1n) is 8.19. The third-order valence-corrected chi connectivity index (χ3v) is 6.09. The number of thiazole rings is 1. The van der Waals surface area contributed by atoms with E-state index in [4.69, 9.17) is 4.98 Å². The Balaban J connectivity index is 1.82. The molecule has 0 spiro atoms. The fourth-order valence-corrected chi connectivity index (χ4v) is 4.81. The van der Waals surface area contributed by atoms with E-state index in [1.165, 1.54) is 47.9 Å². The van der Waals surface area contributed by atoms with Crippen LogP contribution in [0.1, 0.15) is 62.9 Å². The number of hydrogen-bond acceptors (Lipinski definition) is 4. The van der Waals surface area contributed by atoms with Gasteiger partial charge in [-0.05, 0) is 44.1 Å². The van der Waals surface area contributed by atoms with Gasteiger partial charge in [-0.3, -0.25) is 0 Å². The minimum absolute atomic E-state index is 0.577. The SMILES string of the molecule is CCNCc1sc(N2CC3CCC2C3)nc1C(C)CC. The minimum atomic E-state index is 0.577. The first-order valence-corrected chi connectivity index (χ1v) is 9.01. The molecule has 1 saturated heterocycles. The van der Waals surface area contributed by atoms with Crippen molar-refractivity contribution in [3.05, 3.63) is 10.6 Å². The van der Waals surface area contributed by atoms with Crippen LogP contribution in [0.2, 0.25) is 0 Å². The van der Waals surface area contributed by atoms with E-state index in [2.05, 4.69) is 31.0 Å². The lowest BCUT2D eigenvalue weighted by Gasteiger charge is -2.26. The molecular formula is C16H27N3S. The fraction of sp³-hybridized carbons (Fsp3) is 0.812. The van der Waals surface area contributed by atoms with Gasteiger partial charge in [0.25, 0.3) is 0 Å². The molecule has 3 unspecified atom stereocenters. The van der Waals surface area contributed by atoms with E-state index in [-0.39, 0.29) is 0 Å². The van der Waals surface area contributed by atoms with Crippen molar-refractivity contribution in [1.82, 2.24) is 10.3 Å². The van der Waals surface area contributed by atoms with E-state index in [0.29, 0.717) is 5.92 Å². The molecule has 1 N–H and O–H groups in total. The monoisotopic (exact) mass is 293 g/mol. The molecule has 0 aromatic carbocycles. The molecule has 2 bridgehead atoms. The number of hydrogen-bond donors (Lipinski definition) is 1. The second kappa shape index (κ2) is 6.02. The van der Waals surface area contributed by atoms with Crippen molar-refractivity contribution in [2.24, 2.45) is 5.92 Å². The van der Waals surface area contributed by atoms with E-state index in [0.717, 1.165) is 25.0 Å². The molecule has 1 aromatic heterocycles. The van der Waals surface area contributed by atoms with E-state index in [9.17, 15) is 0 Å². The van der Waals surface area contributed by atoms with Crippen molar-refractivity contribution in [1.29, 1.82) is 0 Å². The summed E-state index contributed by atoms with van der Waals surface area (Å²) in [5.41, 5.74) is 1.34. The van der Waals surface area contributed by atoms with Crippen molar-refractivity contribution in [3.63, 3.8) is 0 Å². The minimum Gasteiger partial charge on any atom is -0.345 e. The van der Waals surface area contributed by atoms with Crippen molar-refractivity contribution in [2.75, 3.05) is 18.0 Å². The van der Waals surface area contributed by atoms with Crippen LogP contribution in [0.3, 0.4) is 0 Å². The van der Waals surface area contributed by atoms with Crippen molar-refractivity contribution in [3.8, 4) is 0 Å².